The van der Waals surface area contributed by atoms with Crippen LogP contribution in [0.15, 0.2) is 36.7 Å². The zero-order chi connectivity index (χ0) is 18.5. The summed E-state index contributed by atoms with van der Waals surface area (Å²) in [5.74, 6) is 1.87. The molecule has 2 heterocycles. The number of anilines is 2. The number of nitrogens with zero attached hydrogens (tertiary/aromatic N) is 3. The third-order valence-electron chi connectivity index (χ3n) is 3.95. The predicted octanol–water partition coefficient (Wildman–Crippen LogP) is 2.03. The van der Waals surface area contributed by atoms with Gasteiger partial charge in [-0.1, -0.05) is 11.6 Å². The SMILES string of the molecule is C#CC(=O)Nc1ccc(C(=O)N2CC[C@@H](Nc3ncc(Cl)cn3)C2)cc1. The number of likely N-dealkylation sites (tertiary alicyclic amines) is 1. The molecule has 3 rings (SSSR count). The number of carbonyl (C=O) groups excluding carboxylic acids is 2. The van der Waals surface area contributed by atoms with Crippen molar-refractivity contribution >= 4 is 35.1 Å². The molecule has 1 aromatic heterocycles. The molecule has 1 aliphatic rings. The number of rotatable bonds is 4. The molecule has 132 valence electrons. The molecule has 0 spiro atoms. The second-order valence-corrected chi connectivity index (χ2v) is 6.22. The van der Waals surface area contributed by atoms with Gasteiger partial charge in [-0.15, -0.1) is 6.42 Å². The zero-order valence-corrected chi connectivity index (χ0v) is 14.5. The van der Waals surface area contributed by atoms with Crippen LogP contribution in [0, 0.1) is 12.3 Å². The molecule has 0 aliphatic carbocycles. The number of terminal acetylenes is 1. The zero-order valence-electron chi connectivity index (χ0n) is 13.8. The van der Waals surface area contributed by atoms with Gasteiger partial charge in [-0.2, -0.15) is 0 Å². The maximum Gasteiger partial charge on any atom is 0.300 e. The Balaban J connectivity index is 1.58. The second-order valence-electron chi connectivity index (χ2n) is 5.78. The fourth-order valence-corrected chi connectivity index (χ4v) is 2.78. The second kappa shape index (κ2) is 7.85. The van der Waals surface area contributed by atoms with Gasteiger partial charge in [0.2, 0.25) is 5.95 Å². The Morgan fingerprint density at radius 2 is 1.92 bits per heavy atom. The highest BCUT2D eigenvalue weighted by Gasteiger charge is 2.27. The van der Waals surface area contributed by atoms with Gasteiger partial charge in [0, 0.05) is 30.4 Å². The van der Waals surface area contributed by atoms with E-state index in [1.165, 1.54) is 12.4 Å². The van der Waals surface area contributed by atoms with E-state index in [2.05, 4.69) is 20.6 Å². The van der Waals surface area contributed by atoms with Crippen LogP contribution in [0.25, 0.3) is 0 Å². The maximum absolute atomic E-state index is 12.6. The highest BCUT2D eigenvalue weighted by Crippen LogP contribution is 2.18. The lowest BCUT2D eigenvalue weighted by Gasteiger charge is -2.17. The van der Waals surface area contributed by atoms with Crippen LogP contribution in [-0.2, 0) is 4.79 Å². The highest BCUT2D eigenvalue weighted by molar-refractivity contribution is 6.30. The Labute approximate surface area is 155 Å². The van der Waals surface area contributed by atoms with E-state index in [4.69, 9.17) is 18.0 Å². The maximum atomic E-state index is 12.6. The van der Waals surface area contributed by atoms with Gasteiger partial charge < -0.3 is 15.5 Å². The topological polar surface area (TPSA) is 87.2 Å². The number of aromatic nitrogens is 2. The van der Waals surface area contributed by atoms with Crippen molar-refractivity contribution in [2.24, 2.45) is 0 Å². The van der Waals surface area contributed by atoms with Crippen molar-refractivity contribution in [3.8, 4) is 12.3 Å². The average molecular weight is 370 g/mol. The lowest BCUT2D eigenvalue weighted by atomic mass is 10.2. The molecular weight excluding hydrogens is 354 g/mol. The van der Waals surface area contributed by atoms with Crippen LogP contribution in [0.3, 0.4) is 0 Å². The number of carbonyl (C=O) groups is 2. The van der Waals surface area contributed by atoms with E-state index in [1.807, 2.05) is 5.92 Å². The summed E-state index contributed by atoms with van der Waals surface area (Å²) in [5.41, 5.74) is 1.09. The Bertz CT molecular complexity index is 845. The molecule has 1 atom stereocenters. The average Bonchev–Trinajstić information content (AvgIpc) is 3.12. The molecule has 1 aliphatic heterocycles. The number of hydrogen-bond acceptors (Lipinski definition) is 5. The van der Waals surface area contributed by atoms with Crippen molar-refractivity contribution in [3.63, 3.8) is 0 Å². The van der Waals surface area contributed by atoms with Gasteiger partial charge in [-0.25, -0.2) is 9.97 Å². The van der Waals surface area contributed by atoms with Crippen LogP contribution in [0.4, 0.5) is 11.6 Å². The van der Waals surface area contributed by atoms with E-state index in [-0.39, 0.29) is 11.9 Å². The molecule has 2 amide bonds. The first kappa shape index (κ1) is 17.7. The fraction of sp³-hybridized carbons (Fsp3) is 0.222. The summed E-state index contributed by atoms with van der Waals surface area (Å²) < 4.78 is 0. The highest BCUT2D eigenvalue weighted by atomic mass is 35.5. The van der Waals surface area contributed by atoms with Crippen LogP contribution in [-0.4, -0.2) is 45.8 Å². The minimum absolute atomic E-state index is 0.0684. The standard InChI is InChI=1S/C18H16ClN5O2/c1-2-16(25)22-14-5-3-12(4-6-14)17(26)24-8-7-15(11-24)23-18-20-9-13(19)10-21-18/h1,3-6,9-10,15H,7-8,11H2,(H,22,25)(H,20,21,23)/t15-/m1/s1. The molecule has 2 aromatic rings. The van der Waals surface area contributed by atoms with Gasteiger partial charge >= 0.3 is 0 Å². The Hall–Kier alpha value is -3.11. The minimum Gasteiger partial charge on any atom is -0.350 e. The van der Waals surface area contributed by atoms with E-state index < -0.39 is 5.91 Å². The lowest BCUT2D eigenvalue weighted by Crippen LogP contribution is -2.31. The number of hydrogen-bond donors (Lipinski definition) is 2. The predicted molar refractivity (Wildman–Crippen MR) is 98.9 cm³/mol. The summed E-state index contributed by atoms with van der Waals surface area (Å²) in [6.45, 7) is 1.19. The van der Waals surface area contributed by atoms with E-state index >= 15 is 0 Å². The van der Waals surface area contributed by atoms with Crippen molar-refractivity contribution in [1.29, 1.82) is 0 Å². The minimum atomic E-state index is -0.526. The van der Waals surface area contributed by atoms with Crippen molar-refractivity contribution in [2.75, 3.05) is 23.7 Å². The number of halogens is 1. The molecule has 8 heteroatoms. The van der Waals surface area contributed by atoms with Crippen LogP contribution >= 0.6 is 11.6 Å². The third kappa shape index (κ3) is 4.29. The van der Waals surface area contributed by atoms with E-state index in [9.17, 15) is 9.59 Å². The van der Waals surface area contributed by atoms with Crippen LogP contribution < -0.4 is 10.6 Å². The summed E-state index contributed by atoms with van der Waals surface area (Å²) in [7, 11) is 0. The number of amides is 2. The first-order valence-corrected chi connectivity index (χ1v) is 8.34. The molecule has 2 N–H and O–H groups in total. The Morgan fingerprint density at radius 1 is 1.23 bits per heavy atom. The first-order chi connectivity index (χ1) is 12.5. The van der Waals surface area contributed by atoms with E-state index in [1.54, 1.807) is 29.2 Å². The summed E-state index contributed by atoms with van der Waals surface area (Å²) >= 11 is 5.77. The van der Waals surface area contributed by atoms with Crippen LogP contribution in [0.5, 0.6) is 0 Å². The molecule has 1 saturated heterocycles. The van der Waals surface area contributed by atoms with Gasteiger partial charge in [-0.05, 0) is 36.6 Å². The molecule has 0 bridgehead atoms. The summed E-state index contributed by atoms with van der Waals surface area (Å²) in [5, 5.41) is 6.21. The smallest absolute Gasteiger partial charge is 0.300 e. The summed E-state index contributed by atoms with van der Waals surface area (Å²) in [4.78, 5) is 33.8. The molecule has 1 aromatic carbocycles. The van der Waals surface area contributed by atoms with Crippen molar-refractivity contribution in [3.05, 3.63) is 47.2 Å². The molecular formula is C18H16ClN5O2. The fourth-order valence-electron chi connectivity index (χ4n) is 2.68. The summed E-state index contributed by atoms with van der Waals surface area (Å²) in [6, 6.07) is 6.70. The van der Waals surface area contributed by atoms with Crippen LogP contribution in [0.2, 0.25) is 5.02 Å². The van der Waals surface area contributed by atoms with E-state index in [0.29, 0.717) is 35.3 Å². The van der Waals surface area contributed by atoms with Gasteiger partial charge in [0.05, 0.1) is 17.4 Å². The van der Waals surface area contributed by atoms with Gasteiger partial charge in [0.25, 0.3) is 11.8 Å². The molecule has 0 saturated carbocycles. The molecule has 0 radical (unpaired) electrons. The molecule has 26 heavy (non-hydrogen) atoms. The summed E-state index contributed by atoms with van der Waals surface area (Å²) in [6.07, 6.45) is 8.86. The molecule has 1 fully saturated rings. The first-order valence-electron chi connectivity index (χ1n) is 7.96. The van der Waals surface area contributed by atoms with E-state index in [0.717, 1.165) is 6.42 Å². The largest absolute Gasteiger partial charge is 0.350 e. The number of nitrogens with one attached hydrogen (secondary N) is 2. The van der Waals surface area contributed by atoms with Crippen molar-refractivity contribution in [2.45, 2.75) is 12.5 Å². The molecule has 7 nitrogen and oxygen atoms in total. The Kier molecular flexibility index (Phi) is 5.34. The Morgan fingerprint density at radius 3 is 2.58 bits per heavy atom. The third-order valence-corrected chi connectivity index (χ3v) is 4.15. The van der Waals surface area contributed by atoms with Crippen LogP contribution in [0.1, 0.15) is 16.8 Å². The van der Waals surface area contributed by atoms with Crippen molar-refractivity contribution in [1.82, 2.24) is 14.9 Å². The van der Waals surface area contributed by atoms with Gasteiger partial charge in [-0.3, -0.25) is 9.59 Å². The monoisotopic (exact) mass is 369 g/mol. The lowest BCUT2D eigenvalue weighted by molar-refractivity contribution is -0.111. The quantitative estimate of drug-likeness (QED) is 0.805. The van der Waals surface area contributed by atoms with Gasteiger partial charge in [0.1, 0.15) is 0 Å². The van der Waals surface area contributed by atoms with Crippen molar-refractivity contribution < 1.29 is 9.59 Å². The normalized spacial score (nSPS) is 16.0. The molecule has 0 unspecified atom stereocenters. The number of benzene rings is 1. The van der Waals surface area contributed by atoms with Gasteiger partial charge in [0.15, 0.2) is 0 Å².